The maximum absolute atomic E-state index is 6.23. The summed E-state index contributed by atoms with van der Waals surface area (Å²) >= 11 is 6.23. The van der Waals surface area contributed by atoms with Gasteiger partial charge in [-0.1, -0.05) is 29.8 Å². The molecule has 0 radical (unpaired) electrons. The standard InChI is InChI=1S/C16H19ClN4/c1-13-10-18-16(19-11-13)21-8-6-20(7-9-21)12-14-4-2-3-5-15(14)17/h2-5,10-11H,6-9,12H2,1H3. The summed E-state index contributed by atoms with van der Waals surface area (Å²) in [5.41, 5.74) is 2.29. The monoisotopic (exact) mass is 302 g/mol. The Bertz CT molecular complexity index is 591. The van der Waals surface area contributed by atoms with Crippen molar-refractivity contribution in [3.05, 3.63) is 52.8 Å². The van der Waals surface area contributed by atoms with Gasteiger partial charge in [0.05, 0.1) is 0 Å². The fourth-order valence-corrected chi connectivity index (χ4v) is 2.72. The summed E-state index contributed by atoms with van der Waals surface area (Å²) < 4.78 is 0. The van der Waals surface area contributed by atoms with Gasteiger partial charge in [-0.15, -0.1) is 0 Å². The molecule has 3 rings (SSSR count). The lowest BCUT2D eigenvalue weighted by Crippen LogP contribution is -2.46. The Hall–Kier alpha value is -1.65. The number of hydrogen-bond acceptors (Lipinski definition) is 4. The average Bonchev–Trinajstić information content (AvgIpc) is 2.51. The summed E-state index contributed by atoms with van der Waals surface area (Å²) in [6.07, 6.45) is 3.75. The van der Waals surface area contributed by atoms with Crippen molar-refractivity contribution in [2.45, 2.75) is 13.5 Å². The van der Waals surface area contributed by atoms with Crippen molar-refractivity contribution in [2.75, 3.05) is 31.1 Å². The van der Waals surface area contributed by atoms with Gasteiger partial charge >= 0.3 is 0 Å². The second kappa shape index (κ2) is 6.41. The molecule has 0 atom stereocenters. The van der Waals surface area contributed by atoms with Gasteiger partial charge in [0.1, 0.15) is 0 Å². The van der Waals surface area contributed by atoms with Crippen molar-refractivity contribution in [3.8, 4) is 0 Å². The second-order valence-corrected chi connectivity index (χ2v) is 5.82. The third kappa shape index (κ3) is 3.52. The Labute approximate surface area is 130 Å². The first kappa shape index (κ1) is 14.3. The van der Waals surface area contributed by atoms with E-state index in [-0.39, 0.29) is 0 Å². The van der Waals surface area contributed by atoms with Gasteiger partial charge in [0.15, 0.2) is 0 Å². The van der Waals surface area contributed by atoms with E-state index in [1.807, 2.05) is 37.5 Å². The summed E-state index contributed by atoms with van der Waals surface area (Å²) in [6.45, 7) is 6.82. The van der Waals surface area contributed by atoms with Gasteiger partial charge in [0.25, 0.3) is 0 Å². The van der Waals surface area contributed by atoms with Crippen molar-refractivity contribution in [2.24, 2.45) is 0 Å². The van der Waals surface area contributed by atoms with Gasteiger partial charge in [-0.3, -0.25) is 4.90 Å². The van der Waals surface area contributed by atoms with E-state index in [1.165, 1.54) is 5.56 Å². The SMILES string of the molecule is Cc1cnc(N2CCN(Cc3ccccc3Cl)CC2)nc1. The molecule has 1 aliphatic heterocycles. The van der Waals surface area contributed by atoms with Crippen molar-refractivity contribution < 1.29 is 0 Å². The van der Waals surface area contributed by atoms with Crippen LogP contribution in [0.25, 0.3) is 0 Å². The molecule has 0 spiro atoms. The molecule has 2 heterocycles. The van der Waals surface area contributed by atoms with E-state index >= 15 is 0 Å². The molecule has 0 N–H and O–H groups in total. The Morgan fingerprint density at radius 1 is 1.05 bits per heavy atom. The van der Waals surface area contributed by atoms with Crippen LogP contribution in [-0.2, 0) is 6.54 Å². The normalized spacial score (nSPS) is 16.2. The molecule has 21 heavy (non-hydrogen) atoms. The van der Waals surface area contributed by atoms with Gasteiger partial charge in [-0.05, 0) is 24.1 Å². The zero-order valence-corrected chi connectivity index (χ0v) is 12.9. The van der Waals surface area contributed by atoms with Crippen molar-refractivity contribution in [1.29, 1.82) is 0 Å². The minimum atomic E-state index is 0.831. The number of aryl methyl sites for hydroxylation is 1. The smallest absolute Gasteiger partial charge is 0.225 e. The van der Waals surface area contributed by atoms with E-state index in [1.54, 1.807) is 0 Å². The lowest BCUT2D eigenvalue weighted by atomic mass is 10.2. The van der Waals surface area contributed by atoms with Gasteiger partial charge in [-0.25, -0.2) is 9.97 Å². The molecule has 5 heteroatoms. The molecule has 110 valence electrons. The van der Waals surface area contributed by atoms with Gasteiger partial charge < -0.3 is 4.90 Å². The summed E-state index contributed by atoms with van der Waals surface area (Å²) in [5.74, 6) is 0.831. The number of benzene rings is 1. The van der Waals surface area contributed by atoms with Crippen LogP contribution in [0.15, 0.2) is 36.7 Å². The Kier molecular flexibility index (Phi) is 4.36. The van der Waals surface area contributed by atoms with E-state index in [9.17, 15) is 0 Å². The topological polar surface area (TPSA) is 32.3 Å². The minimum absolute atomic E-state index is 0.831. The Balaban J connectivity index is 1.58. The highest BCUT2D eigenvalue weighted by Gasteiger charge is 2.19. The molecule has 0 amide bonds. The van der Waals surface area contributed by atoms with Crippen LogP contribution in [0.4, 0.5) is 5.95 Å². The molecule has 0 aliphatic carbocycles. The molecule has 0 bridgehead atoms. The second-order valence-electron chi connectivity index (χ2n) is 5.42. The molecule has 0 saturated carbocycles. The van der Waals surface area contributed by atoms with Crippen LogP contribution in [-0.4, -0.2) is 41.0 Å². The summed E-state index contributed by atoms with van der Waals surface area (Å²) in [4.78, 5) is 13.5. The van der Waals surface area contributed by atoms with Crippen LogP contribution in [0.1, 0.15) is 11.1 Å². The lowest BCUT2D eigenvalue weighted by molar-refractivity contribution is 0.249. The van der Waals surface area contributed by atoms with Crippen LogP contribution in [0, 0.1) is 6.92 Å². The number of hydrogen-bond donors (Lipinski definition) is 0. The Morgan fingerprint density at radius 3 is 2.38 bits per heavy atom. The first-order valence-electron chi connectivity index (χ1n) is 7.22. The van der Waals surface area contributed by atoms with E-state index in [4.69, 9.17) is 11.6 Å². The molecule has 1 aliphatic rings. The molecular formula is C16H19ClN4. The maximum Gasteiger partial charge on any atom is 0.225 e. The van der Waals surface area contributed by atoms with Gasteiger partial charge in [-0.2, -0.15) is 0 Å². The first-order valence-corrected chi connectivity index (χ1v) is 7.59. The minimum Gasteiger partial charge on any atom is -0.338 e. The van der Waals surface area contributed by atoms with Crippen molar-refractivity contribution in [3.63, 3.8) is 0 Å². The predicted octanol–water partition coefficient (Wildman–Crippen LogP) is 2.76. The summed E-state index contributed by atoms with van der Waals surface area (Å²) in [6, 6.07) is 8.06. The van der Waals surface area contributed by atoms with Crippen LogP contribution in [0.5, 0.6) is 0 Å². The third-order valence-corrected chi connectivity index (χ3v) is 4.14. The highest BCUT2D eigenvalue weighted by atomic mass is 35.5. The molecule has 0 unspecified atom stereocenters. The van der Waals surface area contributed by atoms with Crippen molar-refractivity contribution in [1.82, 2.24) is 14.9 Å². The largest absolute Gasteiger partial charge is 0.338 e. The zero-order chi connectivity index (χ0) is 14.7. The first-order chi connectivity index (χ1) is 10.2. The van der Waals surface area contributed by atoms with Crippen molar-refractivity contribution >= 4 is 17.5 Å². The fourth-order valence-electron chi connectivity index (χ4n) is 2.52. The molecular weight excluding hydrogens is 284 g/mol. The van der Waals surface area contributed by atoms with Crippen LogP contribution in [0.2, 0.25) is 5.02 Å². The molecule has 2 aromatic rings. The van der Waals surface area contributed by atoms with Gasteiger partial charge in [0.2, 0.25) is 5.95 Å². The fraction of sp³-hybridized carbons (Fsp3) is 0.375. The van der Waals surface area contributed by atoms with Crippen LogP contribution < -0.4 is 4.90 Å². The van der Waals surface area contributed by atoms with E-state index in [0.29, 0.717) is 0 Å². The predicted molar refractivity (Wildman–Crippen MR) is 85.7 cm³/mol. The molecule has 4 nitrogen and oxygen atoms in total. The van der Waals surface area contributed by atoms with Crippen LogP contribution in [0.3, 0.4) is 0 Å². The van der Waals surface area contributed by atoms with E-state index in [0.717, 1.165) is 49.3 Å². The highest BCUT2D eigenvalue weighted by Crippen LogP contribution is 2.18. The van der Waals surface area contributed by atoms with Gasteiger partial charge in [0, 0.05) is 50.1 Å². The number of anilines is 1. The quantitative estimate of drug-likeness (QED) is 0.873. The average molecular weight is 303 g/mol. The van der Waals surface area contributed by atoms with Crippen LogP contribution >= 0.6 is 11.6 Å². The number of halogens is 1. The maximum atomic E-state index is 6.23. The summed E-state index contributed by atoms with van der Waals surface area (Å²) in [5, 5.41) is 0.849. The highest BCUT2D eigenvalue weighted by molar-refractivity contribution is 6.31. The Morgan fingerprint density at radius 2 is 1.71 bits per heavy atom. The molecule has 1 aromatic carbocycles. The number of rotatable bonds is 3. The number of piperazine rings is 1. The molecule has 1 fully saturated rings. The number of nitrogens with zero attached hydrogens (tertiary/aromatic N) is 4. The molecule has 1 saturated heterocycles. The van der Waals surface area contributed by atoms with E-state index < -0.39 is 0 Å². The zero-order valence-electron chi connectivity index (χ0n) is 12.2. The number of aromatic nitrogens is 2. The lowest BCUT2D eigenvalue weighted by Gasteiger charge is -2.34. The molecule has 1 aromatic heterocycles. The van der Waals surface area contributed by atoms with E-state index in [2.05, 4.69) is 25.8 Å². The summed E-state index contributed by atoms with van der Waals surface area (Å²) in [7, 11) is 0. The third-order valence-electron chi connectivity index (χ3n) is 3.77.